The maximum absolute atomic E-state index is 11.5. The van der Waals surface area contributed by atoms with E-state index in [-0.39, 0.29) is 5.91 Å². The largest absolute Gasteiger partial charge is 0.492 e. The lowest BCUT2D eigenvalue weighted by atomic mass is 10.2. The van der Waals surface area contributed by atoms with Crippen LogP contribution >= 0.6 is 0 Å². The summed E-state index contributed by atoms with van der Waals surface area (Å²) in [6.45, 7) is 4.71. The van der Waals surface area contributed by atoms with Gasteiger partial charge in [0.25, 0.3) is 0 Å². The first-order valence-corrected chi connectivity index (χ1v) is 5.70. The van der Waals surface area contributed by atoms with Crippen molar-refractivity contribution in [3.63, 3.8) is 0 Å². The van der Waals surface area contributed by atoms with Crippen LogP contribution in [-0.4, -0.2) is 37.0 Å². The van der Waals surface area contributed by atoms with E-state index in [0.717, 1.165) is 5.75 Å². The summed E-state index contributed by atoms with van der Waals surface area (Å²) in [5.74, 6) is 0.745. The van der Waals surface area contributed by atoms with E-state index in [1.807, 2.05) is 31.2 Å². The molecule has 2 N–H and O–H groups in total. The summed E-state index contributed by atoms with van der Waals surface area (Å²) in [5.41, 5.74) is 6.70. The van der Waals surface area contributed by atoms with Crippen LogP contribution in [-0.2, 0) is 4.79 Å². The number of nitrogens with two attached hydrogens (primary N) is 1. The Labute approximate surface area is 102 Å². The predicted octanol–water partition coefficient (Wildman–Crippen LogP) is 1.18. The first-order chi connectivity index (χ1) is 8.00. The average Bonchev–Trinajstić information content (AvgIpc) is 2.30. The van der Waals surface area contributed by atoms with Crippen LogP contribution in [0, 0.1) is 6.92 Å². The predicted molar refractivity (Wildman–Crippen MR) is 68.0 cm³/mol. The molecule has 1 aromatic rings. The third kappa shape index (κ3) is 4.44. The number of rotatable bonds is 5. The molecule has 0 aliphatic heterocycles. The Morgan fingerprint density at radius 1 is 1.41 bits per heavy atom. The minimum absolute atomic E-state index is 0.0718. The van der Waals surface area contributed by atoms with Gasteiger partial charge in [0.2, 0.25) is 5.91 Å². The van der Waals surface area contributed by atoms with Crippen LogP contribution in [0.5, 0.6) is 5.75 Å². The number of likely N-dealkylation sites (N-methyl/N-ethyl adjacent to an activating group) is 1. The molecule has 0 aliphatic rings. The molecule has 1 unspecified atom stereocenters. The topological polar surface area (TPSA) is 55.6 Å². The van der Waals surface area contributed by atoms with E-state index < -0.39 is 6.04 Å². The summed E-state index contributed by atoms with van der Waals surface area (Å²) in [5, 5.41) is 0. The van der Waals surface area contributed by atoms with Crippen molar-refractivity contribution in [2.45, 2.75) is 19.9 Å². The van der Waals surface area contributed by atoms with Crippen molar-refractivity contribution in [1.82, 2.24) is 4.90 Å². The standard InChI is InChI=1S/C13H20N2O2/c1-10-4-6-12(7-5-10)17-9-8-15(3)13(16)11(2)14/h4-7,11H,8-9,14H2,1-3H3. The number of carbonyl (C=O) groups is 1. The minimum Gasteiger partial charge on any atom is -0.492 e. The zero-order valence-corrected chi connectivity index (χ0v) is 10.6. The molecule has 0 heterocycles. The van der Waals surface area contributed by atoms with Crippen molar-refractivity contribution in [2.24, 2.45) is 5.73 Å². The second kappa shape index (κ2) is 6.25. The number of nitrogens with zero attached hydrogens (tertiary/aromatic N) is 1. The summed E-state index contributed by atoms with van der Waals surface area (Å²) >= 11 is 0. The van der Waals surface area contributed by atoms with Crippen molar-refractivity contribution in [3.05, 3.63) is 29.8 Å². The molecule has 4 heteroatoms. The fraction of sp³-hybridized carbons (Fsp3) is 0.462. The van der Waals surface area contributed by atoms with Gasteiger partial charge in [0.15, 0.2) is 0 Å². The van der Waals surface area contributed by atoms with E-state index in [4.69, 9.17) is 10.5 Å². The zero-order valence-electron chi connectivity index (χ0n) is 10.6. The molecule has 1 rings (SSSR count). The summed E-state index contributed by atoms with van der Waals surface area (Å²) in [6, 6.07) is 7.36. The highest BCUT2D eigenvalue weighted by Gasteiger charge is 2.12. The lowest BCUT2D eigenvalue weighted by Gasteiger charge is -2.19. The zero-order chi connectivity index (χ0) is 12.8. The van der Waals surface area contributed by atoms with Gasteiger partial charge in [-0.15, -0.1) is 0 Å². The highest BCUT2D eigenvalue weighted by atomic mass is 16.5. The molecular formula is C13H20N2O2. The van der Waals surface area contributed by atoms with Crippen molar-refractivity contribution < 1.29 is 9.53 Å². The Morgan fingerprint density at radius 2 is 2.00 bits per heavy atom. The van der Waals surface area contributed by atoms with Crippen LogP contribution < -0.4 is 10.5 Å². The van der Waals surface area contributed by atoms with Crippen LogP contribution in [0.15, 0.2) is 24.3 Å². The fourth-order valence-electron chi connectivity index (χ4n) is 1.39. The molecule has 0 fully saturated rings. The molecule has 0 radical (unpaired) electrons. The number of ether oxygens (including phenoxy) is 1. The van der Waals surface area contributed by atoms with Crippen molar-refractivity contribution >= 4 is 5.91 Å². The second-order valence-electron chi connectivity index (χ2n) is 4.21. The molecule has 0 saturated heterocycles. The third-order valence-corrected chi connectivity index (χ3v) is 2.48. The summed E-state index contributed by atoms with van der Waals surface area (Å²) < 4.78 is 5.53. The second-order valence-corrected chi connectivity index (χ2v) is 4.21. The highest BCUT2D eigenvalue weighted by Crippen LogP contribution is 2.11. The van der Waals surface area contributed by atoms with Crippen molar-refractivity contribution in [2.75, 3.05) is 20.2 Å². The van der Waals surface area contributed by atoms with E-state index in [9.17, 15) is 4.79 Å². The first kappa shape index (κ1) is 13.5. The number of hydrogen-bond acceptors (Lipinski definition) is 3. The van der Waals surface area contributed by atoms with Gasteiger partial charge in [-0.25, -0.2) is 0 Å². The number of hydrogen-bond donors (Lipinski definition) is 1. The number of aryl methyl sites for hydroxylation is 1. The quantitative estimate of drug-likeness (QED) is 0.835. The Hall–Kier alpha value is -1.55. The SMILES string of the molecule is Cc1ccc(OCCN(C)C(=O)C(C)N)cc1. The number of benzene rings is 1. The number of carbonyl (C=O) groups excluding carboxylic acids is 1. The maximum atomic E-state index is 11.5. The molecule has 0 spiro atoms. The summed E-state index contributed by atoms with van der Waals surface area (Å²) in [6.07, 6.45) is 0. The van der Waals surface area contributed by atoms with Crippen LogP contribution in [0.4, 0.5) is 0 Å². The van der Waals surface area contributed by atoms with Crippen LogP contribution in [0.25, 0.3) is 0 Å². The molecule has 0 bridgehead atoms. The van der Waals surface area contributed by atoms with Crippen molar-refractivity contribution in [1.29, 1.82) is 0 Å². The van der Waals surface area contributed by atoms with Crippen LogP contribution in [0.3, 0.4) is 0 Å². The fourth-order valence-corrected chi connectivity index (χ4v) is 1.39. The van der Waals surface area contributed by atoms with E-state index >= 15 is 0 Å². The first-order valence-electron chi connectivity index (χ1n) is 5.70. The van der Waals surface area contributed by atoms with Gasteiger partial charge in [0.05, 0.1) is 12.6 Å². The third-order valence-electron chi connectivity index (χ3n) is 2.48. The minimum atomic E-state index is -0.459. The van der Waals surface area contributed by atoms with Gasteiger partial charge >= 0.3 is 0 Å². The highest BCUT2D eigenvalue weighted by molar-refractivity contribution is 5.80. The lowest BCUT2D eigenvalue weighted by molar-refractivity contribution is -0.131. The van der Waals surface area contributed by atoms with E-state index in [1.54, 1.807) is 18.9 Å². The van der Waals surface area contributed by atoms with Gasteiger partial charge in [0.1, 0.15) is 12.4 Å². The lowest BCUT2D eigenvalue weighted by Crippen LogP contribution is -2.41. The van der Waals surface area contributed by atoms with Crippen LogP contribution in [0.2, 0.25) is 0 Å². The number of amides is 1. The Bertz CT molecular complexity index is 360. The molecule has 17 heavy (non-hydrogen) atoms. The summed E-state index contributed by atoms with van der Waals surface area (Å²) in [7, 11) is 1.73. The molecular weight excluding hydrogens is 216 g/mol. The maximum Gasteiger partial charge on any atom is 0.239 e. The van der Waals surface area contributed by atoms with Gasteiger partial charge in [-0.05, 0) is 26.0 Å². The Morgan fingerprint density at radius 3 is 2.53 bits per heavy atom. The van der Waals surface area contributed by atoms with Crippen molar-refractivity contribution in [3.8, 4) is 5.75 Å². The van der Waals surface area contributed by atoms with Gasteiger partial charge in [-0.2, -0.15) is 0 Å². The molecule has 0 saturated carbocycles. The van der Waals surface area contributed by atoms with E-state index in [2.05, 4.69) is 0 Å². The smallest absolute Gasteiger partial charge is 0.239 e. The molecule has 0 aromatic heterocycles. The normalized spacial score (nSPS) is 12.0. The molecule has 0 aliphatic carbocycles. The Kier molecular flexibility index (Phi) is 4.97. The molecule has 1 aromatic carbocycles. The molecule has 1 atom stereocenters. The van der Waals surface area contributed by atoms with Gasteiger partial charge < -0.3 is 15.4 Å². The monoisotopic (exact) mass is 236 g/mol. The van der Waals surface area contributed by atoms with Gasteiger partial charge in [-0.3, -0.25) is 4.79 Å². The molecule has 4 nitrogen and oxygen atoms in total. The molecule has 1 amide bonds. The van der Waals surface area contributed by atoms with Crippen LogP contribution in [0.1, 0.15) is 12.5 Å². The van der Waals surface area contributed by atoms with E-state index in [1.165, 1.54) is 5.56 Å². The molecule has 94 valence electrons. The van der Waals surface area contributed by atoms with E-state index in [0.29, 0.717) is 13.2 Å². The Balaban J connectivity index is 2.33. The van der Waals surface area contributed by atoms with Gasteiger partial charge in [0, 0.05) is 7.05 Å². The van der Waals surface area contributed by atoms with Gasteiger partial charge in [-0.1, -0.05) is 17.7 Å². The average molecular weight is 236 g/mol. The summed E-state index contributed by atoms with van der Waals surface area (Å²) in [4.78, 5) is 13.1.